The summed E-state index contributed by atoms with van der Waals surface area (Å²) in [4.78, 5) is 0. The Balaban J connectivity index is 2.75. The highest BCUT2D eigenvalue weighted by molar-refractivity contribution is 7.57. The smallest absolute Gasteiger partial charge is 0.323 e. The summed E-state index contributed by atoms with van der Waals surface area (Å²) in [5, 5.41) is 0. The highest BCUT2D eigenvalue weighted by Gasteiger charge is 2.31. The lowest BCUT2D eigenvalue weighted by molar-refractivity contribution is 0.381. The number of terminal acetylenes is 1. The molecule has 0 saturated carbocycles. The number of hydrogen-bond donors (Lipinski definition) is 0. The molecule has 1 rings (SSSR count). The molecule has 0 spiro atoms. The lowest BCUT2D eigenvalue weighted by Gasteiger charge is -2.18. The van der Waals surface area contributed by atoms with Crippen LogP contribution in [0.5, 0.6) is 0 Å². The Bertz CT molecular complexity index is 275. The molecule has 0 radical (unpaired) electrons. The van der Waals surface area contributed by atoms with Crippen LogP contribution in [-0.4, -0.2) is 24.9 Å². The molecule has 0 aromatic rings. The van der Waals surface area contributed by atoms with Crippen molar-refractivity contribution < 1.29 is 9.09 Å². The van der Waals surface area contributed by atoms with Crippen LogP contribution in [0.15, 0.2) is 11.8 Å². The Kier molecular flexibility index (Phi) is 2.08. The highest BCUT2D eigenvalue weighted by Crippen LogP contribution is 2.54. The monoisotopic (exact) mass is 171 g/mol. The molecule has 1 heterocycles. The van der Waals surface area contributed by atoms with Crippen molar-refractivity contribution in [2.75, 3.05) is 20.3 Å². The van der Waals surface area contributed by atoms with Crippen LogP contribution >= 0.6 is 7.52 Å². The molecule has 60 valence electrons. The van der Waals surface area contributed by atoms with Crippen LogP contribution < -0.4 is 0 Å². The molecule has 1 aliphatic rings. The van der Waals surface area contributed by atoms with E-state index in [0.717, 1.165) is 0 Å². The standard InChI is InChI=1S/C7H10NO2P/c1-4-7-5-6-11(9,10-7)8(2)3/h1,5H,6H2,2-3H3. The molecule has 0 aromatic carbocycles. The Morgan fingerprint density at radius 1 is 1.82 bits per heavy atom. The summed E-state index contributed by atoms with van der Waals surface area (Å²) in [5.74, 6) is 2.70. The second kappa shape index (κ2) is 2.73. The molecule has 1 atom stereocenters. The van der Waals surface area contributed by atoms with Crippen LogP contribution in [0.4, 0.5) is 0 Å². The van der Waals surface area contributed by atoms with Gasteiger partial charge in [0.15, 0.2) is 5.76 Å². The molecule has 0 fully saturated rings. The van der Waals surface area contributed by atoms with E-state index in [0.29, 0.717) is 11.9 Å². The summed E-state index contributed by atoms with van der Waals surface area (Å²) in [6.07, 6.45) is 7.17. The van der Waals surface area contributed by atoms with Crippen LogP contribution in [0.3, 0.4) is 0 Å². The maximum atomic E-state index is 11.6. The van der Waals surface area contributed by atoms with E-state index in [4.69, 9.17) is 10.9 Å². The van der Waals surface area contributed by atoms with Gasteiger partial charge in [-0.25, -0.2) is 4.67 Å². The van der Waals surface area contributed by atoms with E-state index in [1.807, 2.05) is 0 Å². The number of nitrogens with zero attached hydrogens (tertiary/aromatic N) is 1. The van der Waals surface area contributed by atoms with Crippen molar-refractivity contribution in [3.63, 3.8) is 0 Å². The Morgan fingerprint density at radius 2 is 2.45 bits per heavy atom. The minimum atomic E-state index is -2.62. The van der Waals surface area contributed by atoms with Gasteiger partial charge >= 0.3 is 7.52 Å². The lowest BCUT2D eigenvalue weighted by atomic mass is 10.5. The molecule has 1 unspecified atom stereocenters. The third-order valence-corrected chi connectivity index (χ3v) is 3.84. The first-order chi connectivity index (χ1) is 5.08. The summed E-state index contributed by atoms with van der Waals surface area (Å²) < 4.78 is 18.3. The van der Waals surface area contributed by atoms with Gasteiger partial charge in [0.1, 0.15) is 0 Å². The van der Waals surface area contributed by atoms with Gasteiger partial charge in [-0.2, -0.15) is 0 Å². The molecule has 0 aromatic heterocycles. The molecule has 0 aliphatic carbocycles. The Hall–Kier alpha value is -0.710. The van der Waals surface area contributed by atoms with Crippen LogP contribution in [0.25, 0.3) is 0 Å². The van der Waals surface area contributed by atoms with E-state index >= 15 is 0 Å². The first-order valence-electron chi connectivity index (χ1n) is 3.22. The fraction of sp³-hybridized carbons (Fsp3) is 0.429. The number of rotatable bonds is 1. The van der Waals surface area contributed by atoms with Crippen molar-refractivity contribution >= 4 is 7.52 Å². The molecule has 0 saturated heterocycles. The average molecular weight is 171 g/mol. The van der Waals surface area contributed by atoms with Gasteiger partial charge in [0, 0.05) is 0 Å². The van der Waals surface area contributed by atoms with E-state index in [9.17, 15) is 4.57 Å². The highest BCUT2D eigenvalue weighted by atomic mass is 31.2. The summed E-state index contributed by atoms with van der Waals surface area (Å²) in [6.45, 7) is 0. The first kappa shape index (κ1) is 8.39. The zero-order valence-corrected chi connectivity index (χ0v) is 7.47. The van der Waals surface area contributed by atoms with Crippen LogP contribution in [0, 0.1) is 12.3 Å². The summed E-state index contributed by atoms with van der Waals surface area (Å²) in [6, 6.07) is 0. The summed E-state index contributed by atoms with van der Waals surface area (Å²) in [7, 11) is 0.816. The van der Waals surface area contributed by atoms with Crippen molar-refractivity contribution in [3.05, 3.63) is 11.8 Å². The van der Waals surface area contributed by atoms with Crippen molar-refractivity contribution in [2.45, 2.75) is 0 Å². The predicted octanol–water partition coefficient (Wildman–Crippen LogP) is 1.29. The van der Waals surface area contributed by atoms with Crippen molar-refractivity contribution in [1.82, 2.24) is 4.67 Å². The molecule has 11 heavy (non-hydrogen) atoms. The molecular weight excluding hydrogens is 161 g/mol. The van der Waals surface area contributed by atoms with Gasteiger partial charge in [0.25, 0.3) is 0 Å². The van der Waals surface area contributed by atoms with Crippen molar-refractivity contribution in [3.8, 4) is 12.3 Å². The van der Waals surface area contributed by atoms with Gasteiger partial charge in [-0.15, -0.1) is 6.42 Å². The predicted molar refractivity (Wildman–Crippen MR) is 44.2 cm³/mol. The van der Waals surface area contributed by atoms with Gasteiger partial charge in [-0.3, -0.25) is 4.57 Å². The quantitative estimate of drug-likeness (QED) is 0.439. The molecule has 1 aliphatic heterocycles. The summed E-state index contributed by atoms with van der Waals surface area (Å²) in [5.41, 5.74) is 0. The van der Waals surface area contributed by atoms with Gasteiger partial charge in [-0.05, 0) is 26.1 Å². The average Bonchev–Trinajstić information content (AvgIpc) is 2.33. The third-order valence-electron chi connectivity index (χ3n) is 1.50. The van der Waals surface area contributed by atoms with Gasteiger partial charge in [0.2, 0.25) is 0 Å². The van der Waals surface area contributed by atoms with E-state index in [1.165, 1.54) is 0 Å². The molecular formula is C7H10NO2P. The zero-order valence-electron chi connectivity index (χ0n) is 6.57. The largest absolute Gasteiger partial charge is 0.424 e. The minimum Gasteiger partial charge on any atom is -0.424 e. The second-order valence-corrected chi connectivity index (χ2v) is 5.09. The fourth-order valence-electron chi connectivity index (χ4n) is 0.757. The first-order valence-corrected chi connectivity index (χ1v) is 4.98. The fourth-order valence-corrected chi connectivity index (χ4v) is 2.15. The molecule has 4 heteroatoms. The summed E-state index contributed by atoms with van der Waals surface area (Å²) >= 11 is 0. The Labute approximate surface area is 66.5 Å². The topological polar surface area (TPSA) is 29.5 Å². The minimum absolute atomic E-state index is 0.391. The second-order valence-electron chi connectivity index (χ2n) is 2.47. The van der Waals surface area contributed by atoms with Crippen LogP contribution in [-0.2, 0) is 9.09 Å². The number of allylic oxidation sites excluding steroid dienone is 2. The molecule has 0 amide bonds. The SMILES string of the molecule is C#CC1=CCP(=O)(N(C)C)O1. The van der Waals surface area contributed by atoms with Crippen LogP contribution in [0.1, 0.15) is 0 Å². The molecule has 3 nitrogen and oxygen atoms in total. The third kappa shape index (κ3) is 1.48. The van der Waals surface area contributed by atoms with Gasteiger partial charge in [0.05, 0.1) is 6.16 Å². The molecule has 0 N–H and O–H groups in total. The lowest BCUT2D eigenvalue weighted by Crippen LogP contribution is -2.08. The maximum absolute atomic E-state index is 11.6. The van der Waals surface area contributed by atoms with E-state index < -0.39 is 7.52 Å². The van der Waals surface area contributed by atoms with Crippen molar-refractivity contribution in [1.29, 1.82) is 0 Å². The van der Waals surface area contributed by atoms with Crippen molar-refractivity contribution in [2.24, 2.45) is 0 Å². The van der Waals surface area contributed by atoms with Gasteiger partial charge in [-0.1, -0.05) is 0 Å². The number of hydrogen-bond acceptors (Lipinski definition) is 2. The van der Waals surface area contributed by atoms with E-state index in [2.05, 4.69) is 5.92 Å². The molecule has 0 bridgehead atoms. The Morgan fingerprint density at radius 3 is 2.73 bits per heavy atom. The normalized spacial score (nSPS) is 29.5. The van der Waals surface area contributed by atoms with Gasteiger partial charge < -0.3 is 4.52 Å². The zero-order chi connectivity index (χ0) is 8.48. The van der Waals surface area contributed by atoms with E-state index in [1.54, 1.807) is 24.8 Å². The van der Waals surface area contributed by atoms with Crippen LogP contribution in [0.2, 0.25) is 0 Å². The maximum Gasteiger partial charge on any atom is 0.323 e. The van der Waals surface area contributed by atoms with E-state index in [-0.39, 0.29) is 0 Å².